The van der Waals surface area contributed by atoms with Crippen molar-refractivity contribution in [2.75, 3.05) is 32.2 Å². The van der Waals surface area contributed by atoms with Gasteiger partial charge in [0, 0.05) is 25.2 Å². The molecule has 2 N–H and O–H groups in total. The quantitative estimate of drug-likeness (QED) is 0.672. The molecule has 1 saturated heterocycles. The fraction of sp³-hybridized carbons (Fsp3) is 0.364. The molecule has 1 amide bonds. The summed E-state index contributed by atoms with van der Waals surface area (Å²) in [6.45, 7) is 1.95. The molecule has 3 aromatic rings. The zero-order valence-corrected chi connectivity index (χ0v) is 16.8. The molecule has 0 radical (unpaired) electrons. The fourth-order valence-electron chi connectivity index (χ4n) is 3.82. The molecule has 0 spiro atoms. The molecule has 1 atom stereocenters. The van der Waals surface area contributed by atoms with E-state index in [0.29, 0.717) is 13.1 Å². The smallest absolute Gasteiger partial charge is 0.225 e. The van der Waals surface area contributed by atoms with Crippen molar-refractivity contribution in [2.24, 2.45) is 5.92 Å². The van der Waals surface area contributed by atoms with Crippen molar-refractivity contribution in [3.63, 3.8) is 0 Å². The minimum absolute atomic E-state index is 0.0516. The third-order valence-electron chi connectivity index (χ3n) is 5.41. The summed E-state index contributed by atoms with van der Waals surface area (Å²) in [5.41, 5.74) is 2.85. The van der Waals surface area contributed by atoms with E-state index in [1.54, 1.807) is 14.2 Å². The number of ether oxygens (including phenoxy) is 2. The highest BCUT2D eigenvalue weighted by atomic mass is 16.5. The van der Waals surface area contributed by atoms with Crippen LogP contribution in [0.3, 0.4) is 0 Å². The first-order valence-corrected chi connectivity index (χ1v) is 9.86. The topological polar surface area (TPSA) is 79.5 Å². The first-order valence-electron chi connectivity index (χ1n) is 9.86. The number of carbonyl (C=O) groups is 1. The maximum absolute atomic E-state index is 12.8. The predicted molar refractivity (Wildman–Crippen MR) is 112 cm³/mol. The summed E-state index contributed by atoms with van der Waals surface area (Å²) in [4.78, 5) is 23.0. The number of hydrogen-bond donors (Lipinski definition) is 2. The molecule has 1 aromatic heterocycles. The second-order valence-electron chi connectivity index (χ2n) is 7.26. The summed E-state index contributed by atoms with van der Waals surface area (Å²) in [7, 11) is 3.25. The van der Waals surface area contributed by atoms with Crippen LogP contribution in [0, 0.1) is 5.92 Å². The zero-order chi connectivity index (χ0) is 20.2. The van der Waals surface area contributed by atoms with E-state index in [1.807, 2.05) is 42.5 Å². The van der Waals surface area contributed by atoms with Crippen LogP contribution in [0.15, 0.2) is 42.5 Å². The molecule has 2 aromatic carbocycles. The van der Waals surface area contributed by atoms with Crippen molar-refractivity contribution < 1.29 is 14.3 Å². The number of carbonyl (C=O) groups excluding carboxylic acids is 1. The second-order valence-corrected chi connectivity index (χ2v) is 7.26. The highest BCUT2D eigenvalue weighted by Gasteiger charge is 2.27. The van der Waals surface area contributed by atoms with Gasteiger partial charge in [-0.2, -0.15) is 0 Å². The lowest BCUT2D eigenvalue weighted by Gasteiger charge is -2.31. The van der Waals surface area contributed by atoms with Crippen molar-refractivity contribution in [1.82, 2.24) is 15.3 Å². The minimum atomic E-state index is -0.0754. The van der Waals surface area contributed by atoms with E-state index in [4.69, 9.17) is 9.47 Å². The number of hydrogen-bond acceptors (Lipinski definition) is 5. The van der Waals surface area contributed by atoms with Gasteiger partial charge in [-0.25, -0.2) is 4.98 Å². The molecular formula is C22H26N4O3. The van der Waals surface area contributed by atoms with Crippen molar-refractivity contribution >= 4 is 22.9 Å². The first kappa shape index (κ1) is 19.1. The van der Waals surface area contributed by atoms with Crippen LogP contribution >= 0.6 is 0 Å². The molecule has 0 aliphatic carbocycles. The Hall–Kier alpha value is -3.22. The van der Waals surface area contributed by atoms with E-state index in [-0.39, 0.29) is 11.8 Å². The average Bonchev–Trinajstić information content (AvgIpc) is 3.21. The predicted octanol–water partition coefficient (Wildman–Crippen LogP) is 3.11. The van der Waals surface area contributed by atoms with E-state index < -0.39 is 0 Å². The number of rotatable bonds is 6. The second kappa shape index (κ2) is 8.43. The molecule has 1 fully saturated rings. The lowest BCUT2D eigenvalue weighted by Crippen LogP contribution is -2.43. The SMILES string of the molecule is COc1ccc(OC)c(CNC(=O)[C@@H]2CCCN(c3nc4ccccc4[nH]3)C2)c1. The summed E-state index contributed by atoms with van der Waals surface area (Å²) in [5, 5.41) is 3.06. The Kier molecular flexibility index (Phi) is 5.55. The molecule has 1 aliphatic rings. The lowest BCUT2D eigenvalue weighted by atomic mass is 9.97. The minimum Gasteiger partial charge on any atom is -0.497 e. The van der Waals surface area contributed by atoms with Crippen LogP contribution in [0.2, 0.25) is 0 Å². The number of aromatic amines is 1. The number of methoxy groups -OCH3 is 2. The van der Waals surface area contributed by atoms with Gasteiger partial charge in [0.1, 0.15) is 11.5 Å². The van der Waals surface area contributed by atoms with Crippen LogP contribution in [-0.2, 0) is 11.3 Å². The highest BCUT2D eigenvalue weighted by molar-refractivity contribution is 5.80. The van der Waals surface area contributed by atoms with Crippen LogP contribution in [0.4, 0.5) is 5.95 Å². The van der Waals surface area contributed by atoms with E-state index in [1.165, 1.54) is 0 Å². The van der Waals surface area contributed by atoms with E-state index in [9.17, 15) is 4.79 Å². The largest absolute Gasteiger partial charge is 0.497 e. The van der Waals surface area contributed by atoms with Gasteiger partial charge in [0.15, 0.2) is 0 Å². The number of para-hydroxylation sites is 2. The van der Waals surface area contributed by atoms with Gasteiger partial charge < -0.3 is 24.7 Å². The number of H-pyrrole nitrogens is 1. The molecule has 152 valence electrons. The number of benzene rings is 2. The van der Waals surface area contributed by atoms with Crippen molar-refractivity contribution in [3.05, 3.63) is 48.0 Å². The van der Waals surface area contributed by atoms with Gasteiger partial charge >= 0.3 is 0 Å². The Morgan fingerprint density at radius 3 is 2.90 bits per heavy atom. The van der Waals surface area contributed by atoms with Gasteiger partial charge in [-0.05, 0) is 43.2 Å². The van der Waals surface area contributed by atoms with Crippen LogP contribution in [0.25, 0.3) is 11.0 Å². The number of imidazole rings is 1. The Labute approximate surface area is 170 Å². The summed E-state index contributed by atoms with van der Waals surface area (Å²) in [6, 6.07) is 13.6. The summed E-state index contributed by atoms with van der Waals surface area (Å²) in [6.07, 6.45) is 1.83. The summed E-state index contributed by atoms with van der Waals surface area (Å²) < 4.78 is 10.7. The third-order valence-corrected chi connectivity index (χ3v) is 5.41. The van der Waals surface area contributed by atoms with E-state index >= 15 is 0 Å². The molecule has 7 heteroatoms. The number of fused-ring (bicyclic) bond motifs is 1. The number of nitrogens with zero attached hydrogens (tertiary/aromatic N) is 2. The van der Waals surface area contributed by atoms with Crippen molar-refractivity contribution in [3.8, 4) is 11.5 Å². The highest BCUT2D eigenvalue weighted by Crippen LogP contribution is 2.25. The average molecular weight is 394 g/mol. The van der Waals surface area contributed by atoms with Crippen molar-refractivity contribution in [1.29, 1.82) is 0 Å². The maximum Gasteiger partial charge on any atom is 0.225 e. The number of aromatic nitrogens is 2. The third kappa shape index (κ3) is 4.13. The molecule has 0 unspecified atom stereocenters. The molecular weight excluding hydrogens is 368 g/mol. The van der Waals surface area contributed by atoms with Crippen LogP contribution in [-0.4, -0.2) is 43.2 Å². The Morgan fingerprint density at radius 2 is 2.10 bits per heavy atom. The summed E-state index contributed by atoms with van der Waals surface area (Å²) in [5.74, 6) is 2.28. The van der Waals surface area contributed by atoms with E-state index in [0.717, 1.165) is 53.4 Å². The molecule has 1 aliphatic heterocycles. The van der Waals surface area contributed by atoms with Crippen LogP contribution < -0.4 is 19.7 Å². The van der Waals surface area contributed by atoms with Gasteiger partial charge in [-0.3, -0.25) is 4.79 Å². The zero-order valence-electron chi connectivity index (χ0n) is 16.8. The Balaban J connectivity index is 1.41. The standard InChI is InChI=1S/C22H26N4O3/c1-28-17-9-10-20(29-2)16(12-17)13-23-21(27)15-6-5-11-26(14-15)22-24-18-7-3-4-8-19(18)25-22/h3-4,7-10,12,15H,5-6,11,13-14H2,1-2H3,(H,23,27)(H,24,25)/t15-/m1/s1. The molecule has 2 heterocycles. The maximum atomic E-state index is 12.8. The van der Waals surface area contributed by atoms with Gasteiger partial charge in [-0.15, -0.1) is 0 Å². The van der Waals surface area contributed by atoms with Crippen molar-refractivity contribution in [2.45, 2.75) is 19.4 Å². The molecule has 7 nitrogen and oxygen atoms in total. The monoisotopic (exact) mass is 394 g/mol. The number of nitrogens with one attached hydrogen (secondary N) is 2. The lowest BCUT2D eigenvalue weighted by molar-refractivity contribution is -0.125. The first-order chi connectivity index (χ1) is 14.2. The summed E-state index contributed by atoms with van der Waals surface area (Å²) >= 11 is 0. The molecule has 0 saturated carbocycles. The van der Waals surface area contributed by atoms with Gasteiger partial charge in [-0.1, -0.05) is 12.1 Å². The van der Waals surface area contributed by atoms with Gasteiger partial charge in [0.2, 0.25) is 11.9 Å². The Bertz CT molecular complexity index is 968. The number of amides is 1. The molecule has 29 heavy (non-hydrogen) atoms. The van der Waals surface area contributed by atoms with Gasteiger partial charge in [0.05, 0.1) is 31.2 Å². The number of piperidine rings is 1. The van der Waals surface area contributed by atoms with E-state index in [2.05, 4.69) is 20.2 Å². The molecule has 4 rings (SSSR count). The van der Waals surface area contributed by atoms with Crippen LogP contribution in [0.1, 0.15) is 18.4 Å². The fourth-order valence-corrected chi connectivity index (χ4v) is 3.82. The van der Waals surface area contributed by atoms with Crippen LogP contribution in [0.5, 0.6) is 11.5 Å². The van der Waals surface area contributed by atoms with Gasteiger partial charge in [0.25, 0.3) is 0 Å². The normalized spacial score (nSPS) is 16.6. The number of anilines is 1. The Morgan fingerprint density at radius 1 is 1.24 bits per heavy atom. The molecule has 0 bridgehead atoms.